The molecule has 6 nitrogen and oxygen atoms in total. The van der Waals surface area contributed by atoms with Gasteiger partial charge in [0.1, 0.15) is 11.2 Å². The van der Waals surface area contributed by atoms with E-state index in [4.69, 9.17) is 22.1 Å². The first-order valence-electron chi connectivity index (χ1n) is 6.17. The topological polar surface area (TPSA) is 80.5 Å². The first-order chi connectivity index (χ1) is 9.13. The molecule has 7 heteroatoms. The lowest BCUT2D eigenvalue weighted by molar-refractivity contribution is -0.124. The van der Waals surface area contributed by atoms with Gasteiger partial charge in [-0.2, -0.15) is 0 Å². The van der Waals surface area contributed by atoms with E-state index in [2.05, 4.69) is 10.3 Å². The average molecular weight is 285 g/mol. The van der Waals surface area contributed by atoms with Gasteiger partial charge in [-0.1, -0.05) is 11.6 Å². The van der Waals surface area contributed by atoms with Gasteiger partial charge in [-0.3, -0.25) is 4.79 Å². The van der Waals surface area contributed by atoms with Crippen molar-refractivity contribution in [1.82, 2.24) is 10.3 Å². The number of hydrogen-bond acceptors (Lipinski definition) is 5. The molecule has 1 aromatic heterocycles. The van der Waals surface area contributed by atoms with Crippen LogP contribution in [0, 0.1) is 0 Å². The van der Waals surface area contributed by atoms with Crippen molar-refractivity contribution in [2.75, 3.05) is 36.9 Å². The number of nitrogens with two attached hydrogens (primary N) is 1. The summed E-state index contributed by atoms with van der Waals surface area (Å²) in [6.07, 6.45) is 0. The summed E-state index contributed by atoms with van der Waals surface area (Å²) in [6.45, 7) is 3.85. The van der Waals surface area contributed by atoms with E-state index >= 15 is 0 Å². The fourth-order valence-electron chi connectivity index (χ4n) is 2.03. The predicted octanol–water partition coefficient (Wildman–Crippen LogP) is 0.658. The zero-order valence-electron chi connectivity index (χ0n) is 10.7. The summed E-state index contributed by atoms with van der Waals surface area (Å²) in [7, 11) is 0. The third kappa shape index (κ3) is 3.08. The lowest BCUT2D eigenvalue weighted by atomic mass is 10.2. The number of amides is 1. The van der Waals surface area contributed by atoms with Crippen molar-refractivity contribution < 1.29 is 9.53 Å². The number of pyridine rings is 1. The Morgan fingerprint density at radius 2 is 2.47 bits per heavy atom. The number of carbonyl (C=O) groups is 1. The highest BCUT2D eigenvalue weighted by Gasteiger charge is 2.31. The molecule has 2 heterocycles. The lowest BCUT2D eigenvalue weighted by Gasteiger charge is -2.35. The van der Waals surface area contributed by atoms with Gasteiger partial charge in [-0.25, -0.2) is 4.98 Å². The maximum Gasteiger partial charge on any atom is 0.245 e. The van der Waals surface area contributed by atoms with Crippen molar-refractivity contribution in [2.45, 2.75) is 13.0 Å². The fourth-order valence-corrected chi connectivity index (χ4v) is 2.18. The molecule has 1 aromatic rings. The monoisotopic (exact) mass is 284 g/mol. The van der Waals surface area contributed by atoms with Crippen molar-refractivity contribution >= 4 is 29.0 Å². The highest BCUT2D eigenvalue weighted by molar-refractivity contribution is 6.29. The summed E-state index contributed by atoms with van der Waals surface area (Å²) in [5.74, 6) is 0.440. The van der Waals surface area contributed by atoms with Gasteiger partial charge in [-0.15, -0.1) is 0 Å². The van der Waals surface area contributed by atoms with Gasteiger partial charge in [0.05, 0.1) is 18.9 Å². The van der Waals surface area contributed by atoms with Gasteiger partial charge < -0.3 is 20.7 Å². The molecule has 0 bridgehead atoms. The number of ether oxygens (including phenoxy) is 1. The van der Waals surface area contributed by atoms with Crippen LogP contribution >= 0.6 is 11.6 Å². The maximum absolute atomic E-state index is 12.0. The van der Waals surface area contributed by atoms with E-state index in [9.17, 15) is 4.79 Å². The second-order valence-electron chi connectivity index (χ2n) is 4.23. The number of nitrogens with zero attached hydrogens (tertiary/aromatic N) is 2. The van der Waals surface area contributed by atoms with Crippen LogP contribution < -0.4 is 16.0 Å². The molecule has 3 N–H and O–H groups in total. The summed E-state index contributed by atoms with van der Waals surface area (Å²) in [5.41, 5.74) is 6.42. The summed E-state index contributed by atoms with van der Waals surface area (Å²) < 4.78 is 5.37. The molecule has 104 valence electrons. The fraction of sp³-hybridized carbons (Fsp3) is 0.500. The van der Waals surface area contributed by atoms with Crippen LogP contribution in [0.3, 0.4) is 0 Å². The van der Waals surface area contributed by atoms with Gasteiger partial charge >= 0.3 is 0 Å². The van der Waals surface area contributed by atoms with Crippen LogP contribution in [0.4, 0.5) is 11.5 Å². The van der Waals surface area contributed by atoms with E-state index in [-0.39, 0.29) is 5.91 Å². The molecule has 1 fully saturated rings. The number of morpholine rings is 1. The maximum atomic E-state index is 12.0. The molecule has 1 atom stereocenters. The molecule has 0 saturated carbocycles. The lowest BCUT2D eigenvalue weighted by Crippen LogP contribution is -2.54. The van der Waals surface area contributed by atoms with Crippen LogP contribution in [0.1, 0.15) is 6.92 Å². The normalized spacial score (nSPS) is 19.3. The second kappa shape index (κ2) is 6.08. The van der Waals surface area contributed by atoms with Crippen LogP contribution in [0.2, 0.25) is 5.15 Å². The van der Waals surface area contributed by atoms with Crippen molar-refractivity contribution in [3.63, 3.8) is 0 Å². The minimum atomic E-state index is -0.429. The molecule has 1 aliphatic heterocycles. The molecule has 0 spiro atoms. The third-order valence-electron chi connectivity index (χ3n) is 2.93. The number of nitrogen functional groups attached to an aromatic ring is 1. The molecule has 0 aromatic carbocycles. The number of halogens is 1. The van der Waals surface area contributed by atoms with E-state index < -0.39 is 6.04 Å². The quantitative estimate of drug-likeness (QED) is 0.797. The van der Waals surface area contributed by atoms with Gasteiger partial charge in [-0.05, 0) is 19.1 Å². The van der Waals surface area contributed by atoms with Crippen LogP contribution in [0.15, 0.2) is 12.1 Å². The standard InChI is InChI=1S/C12H17ClN4O2/c1-2-15-12(18)9-7-19-6-5-17(9)11-8(14)3-4-10(13)16-11/h3-4,9H,2,5-7,14H2,1H3,(H,15,18). The van der Waals surface area contributed by atoms with Gasteiger partial charge in [0.15, 0.2) is 5.82 Å². The molecule has 0 aliphatic carbocycles. The van der Waals surface area contributed by atoms with Crippen LogP contribution in [0.5, 0.6) is 0 Å². The Hall–Kier alpha value is -1.53. The summed E-state index contributed by atoms with van der Waals surface area (Å²) >= 11 is 5.90. The Morgan fingerprint density at radius 1 is 1.68 bits per heavy atom. The SMILES string of the molecule is CCNC(=O)C1COCCN1c1nc(Cl)ccc1N. The van der Waals surface area contributed by atoms with E-state index in [0.717, 1.165) is 0 Å². The van der Waals surface area contributed by atoms with E-state index in [1.807, 2.05) is 11.8 Å². The van der Waals surface area contributed by atoms with E-state index in [0.29, 0.717) is 43.0 Å². The van der Waals surface area contributed by atoms with Crippen molar-refractivity contribution in [3.05, 3.63) is 17.3 Å². The van der Waals surface area contributed by atoms with Gasteiger partial charge in [0.25, 0.3) is 0 Å². The second-order valence-corrected chi connectivity index (χ2v) is 4.61. The Labute approximate surface area is 116 Å². The molecular formula is C12H17ClN4O2. The molecule has 2 rings (SSSR count). The van der Waals surface area contributed by atoms with Crippen LogP contribution in [-0.2, 0) is 9.53 Å². The molecule has 1 saturated heterocycles. The number of anilines is 2. The van der Waals surface area contributed by atoms with Gasteiger partial charge in [0.2, 0.25) is 5.91 Å². The van der Waals surface area contributed by atoms with Crippen LogP contribution in [0.25, 0.3) is 0 Å². The number of carbonyl (C=O) groups excluding carboxylic acids is 1. The summed E-state index contributed by atoms with van der Waals surface area (Å²) in [5, 5.41) is 3.14. The van der Waals surface area contributed by atoms with Crippen LogP contribution in [-0.4, -0.2) is 43.2 Å². The van der Waals surface area contributed by atoms with E-state index in [1.54, 1.807) is 12.1 Å². The van der Waals surface area contributed by atoms with Crippen molar-refractivity contribution in [2.24, 2.45) is 0 Å². The van der Waals surface area contributed by atoms with Crippen molar-refractivity contribution in [1.29, 1.82) is 0 Å². The zero-order valence-corrected chi connectivity index (χ0v) is 11.5. The van der Waals surface area contributed by atoms with E-state index in [1.165, 1.54) is 0 Å². The Bertz CT molecular complexity index is 469. The highest BCUT2D eigenvalue weighted by Crippen LogP contribution is 2.26. The van der Waals surface area contributed by atoms with Gasteiger partial charge in [0, 0.05) is 13.1 Å². The molecular weight excluding hydrogens is 268 g/mol. The number of rotatable bonds is 3. The number of aromatic nitrogens is 1. The Morgan fingerprint density at radius 3 is 3.21 bits per heavy atom. The molecule has 1 unspecified atom stereocenters. The summed E-state index contributed by atoms with van der Waals surface area (Å²) in [4.78, 5) is 18.1. The first kappa shape index (κ1) is 13.9. The smallest absolute Gasteiger partial charge is 0.245 e. The molecule has 1 amide bonds. The zero-order chi connectivity index (χ0) is 13.8. The molecule has 0 radical (unpaired) electrons. The first-order valence-corrected chi connectivity index (χ1v) is 6.55. The summed E-state index contributed by atoms with van der Waals surface area (Å²) in [6, 6.07) is 2.89. The third-order valence-corrected chi connectivity index (χ3v) is 3.14. The van der Waals surface area contributed by atoms with Crippen molar-refractivity contribution in [3.8, 4) is 0 Å². The number of nitrogens with one attached hydrogen (secondary N) is 1. The largest absolute Gasteiger partial charge is 0.396 e. The average Bonchev–Trinajstić information content (AvgIpc) is 2.42. The number of hydrogen-bond donors (Lipinski definition) is 2. The minimum Gasteiger partial charge on any atom is -0.396 e. The predicted molar refractivity (Wildman–Crippen MR) is 74.3 cm³/mol. The molecule has 19 heavy (non-hydrogen) atoms. The highest BCUT2D eigenvalue weighted by atomic mass is 35.5. The number of likely N-dealkylation sites (N-methyl/N-ethyl adjacent to an activating group) is 1. The minimum absolute atomic E-state index is 0.0941. The molecule has 1 aliphatic rings. The Balaban J connectivity index is 2.28. The Kier molecular flexibility index (Phi) is 4.44.